The van der Waals surface area contributed by atoms with E-state index in [4.69, 9.17) is 39.5 Å². The van der Waals surface area contributed by atoms with Crippen LogP contribution >= 0.6 is 46.1 Å². The summed E-state index contributed by atoms with van der Waals surface area (Å²) in [5, 5.41) is 1.13. The Hall–Kier alpha value is -1.33. The molecule has 0 spiro atoms. The van der Waals surface area contributed by atoms with Crippen LogP contribution in [-0.2, 0) is 17.8 Å². The highest BCUT2D eigenvalue weighted by atomic mass is 79.9. The first kappa shape index (κ1) is 25.9. The number of nitrogens with zero attached hydrogens (tertiary/aromatic N) is 2. The van der Waals surface area contributed by atoms with E-state index in [-0.39, 0.29) is 35.4 Å². The van der Waals surface area contributed by atoms with Crippen LogP contribution in [0, 0.1) is 11.8 Å². The zero-order chi connectivity index (χ0) is 21.5. The zero-order valence-electron chi connectivity index (χ0n) is 16.7. The van der Waals surface area contributed by atoms with E-state index in [2.05, 4.69) is 11.8 Å². The minimum absolute atomic E-state index is 0. The summed E-state index contributed by atoms with van der Waals surface area (Å²) in [7, 11) is 0. The van der Waals surface area contributed by atoms with E-state index in [1.54, 1.807) is 31.2 Å². The van der Waals surface area contributed by atoms with Crippen LogP contribution in [-0.4, -0.2) is 17.0 Å². The SMILES string of the molecule is CC#CCCOC(Cn1cc[n+](CC(=O)c2ccc(Cl)s2)c1)c1ccc(Cl)cc1Cl.[Br-]. The molecule has 3 aromatic rings. The molecule has 0 saturated heterocycles. The molecule has 2 aromatic heterocycles. The first-order valence-electron chi connectivity index (χ1n) is 9.26. The summed E-state index contributed by atoms with van der Waals surface area (Å²) >= 11 is 19.7. The number of carbonyl (C=O) groups excluding carboxylic acids is 1. The summed E-state index contributed by atoms with van der Waals surface area (Å²) in [4.78, 5) is 13.1. The molecule has 0 radical (unpaired) electrons. The van der Waals surface area contributed by atoms with Gasteiger partial charge >= 0.3 is 0 Å². The van der Waals surface area contributed by atoms with Crippen molar-refractivity contribution < 1.29 is 31.1 Å². The molecular formula is C22H20BrCl3N2O2S. The number of carbonyl (C=O) groups is 1. The molecule has 3 rings (SSSR count). The van der Waals surface area contributed by atoms with Gasteiger partial charge < -0.3 is 21.7 Å². The lowest BCUT2D eigenvalue weighted by Crippen LogP contribution is -3.00. The minimum Gasteiger partial charge on any atom is -1.00 e. The van der Waals surface area contributed by atoms with E-state index in [1.807, 2.05) is 33.9 Å². The predicted molar refractivity (Wildman–Crippen MR) is 122 cm³/mol. The van der Waals surface area contributed by atoms with Gasteiger partial charge in [0.25, 0.3) is 0 Å². The lowest BCUT2D eigenvalue weighted by atomic mass is 10.1. The molecule has 0 saturated carbocycles. The van der Waals surface area contributed by atoms with Crippen LogP contribution in [0.2, 0.25) is 14.4 Å². The molecule has 1 atom stereocenters. The molecule has 2 heterocycles. The molecule has 0 N–H and O–H groups in total. The third-order valence-corrected chi connectivity index (χ3v) is 6.16. The molecule has 0 amide bonds. The monoisotopic (exact) mass is 560 g/mol. The Morgan fingerprint density at radius 2 is 2.06 bits per heavy atom. The number of thiophene rings is 1. The number of hydrogen-bond acceptors (Lipinski definition) is 3. The third kappa shape index (κ3) is 7.64. The Labute approximate surface area is 211 Å². The molecule has 31 heavy (non-hydrogen) atoms. The Bertz CT molecular complexity index is 1090. The van der Waals surface area contributed by atoms with Gasteiger partial charge in [0.05, 0.1) is 15.8 Å². The maximum absolute atomic E-state index is 12.4. The maximum atomic E-state index is 12.4. The van der Waals surface area contributed by atoms with Crippen molar-refractivity contribution in [2.24, 2.45) is 0 Å². The van der Waals surface area contributed by atoms with Crippen LogP contribution in [0.5, 0.6) is 0 Å². The fraction of sp³-hybridized carbons (Fsp3) is 0.273. The van der Waals surface area contributed by atoms with E-state index in [9.17, 15) is 4.79 Å². The summed E-state index contributed by atoms with van der Waals surface area (Å²) in [6, 6.07) is 8.86. The second-order valence-electron chi connectivity index (χ2n) is 6.51. The highest BCUT2D eigenvalue weighted by molar-refractivity contribution is 7.18. The van der Waals surface area contributed by atoms with Crippen molar-refractivity contribution in [3.05, 3.63) is 73.9 Å². The number of imidazole rings is 1. The average Bonchev–Trinajstić information content (AvgIpc) is 3.33. The summed E-state index contributed by atoms with van der Waals surface area (Å²) in [6.45, 7) is 3.07. The molecule has 1 unspecified atom stereocenters. The van der Waals surface area contributed by atoms with Crippen molar-refractivity contribution in [3.63, 3.8) is 0 Å². The van der Waals surface area contributed by atoms with Gasteiger partial charge in [-0.2, -0.15) is 0 Å². The molecule has 0 aliphatic rings. The fourth-order valence-corrected chi connectivity index (χ4v) is 4.42. The van der Waals surface area contributed by atoms with Gasteiger partial charge in [-0.15, -0.1) is 23.2 Å². The molecule has 9 heteroatoms. The molecule has 0 fully saturated rings. The Morgan fingerprint density at radius 3 is 2.74 bits per heavy atom. The van der Waals surface area contributed by atoms with Gasteiger partial charge in [-0.05, 0) is 31.2 Å². The number of ketones is 1. The Kier molecular flexibility index (Phi) is 10.6. The summed E-state index contributed by atoms with van der Waals surface area (Å²) < 4.78 is 10.5. The smallest absolute Gasteiger partial charge is 0.244 e. The first-order chi connectivity index (χ1) is 14.5. The molecule has 1 aromatic carbocycles. The number of rotatable bonds is 9. The number of ether oxygens (including phenoxy) is 1. The van der Waals surface area contributed by atoms with E-state index < -0.39 is 0 Å². The van der Waals surface area contributed by atoms with Gasteiger partial charge in [0.15, 0.2) is 6.54 Å². The summed E-state index contributed by atoms with van der Waals surface area (Å²) in [6.07, 6.45) is 6.00. The van der Waals surface area contributed by atoms with Gasteiger partial charge in [0.1, 0.15) is 25.0 Å². The zero-order valence-corrected chi connectivity index (χ0v) is 21.3. The molecule has 0 aliphatic heterocycles. The predicted octanol–water partition coefficient (Wildman–Crippen LogP) is 2.86. The number of halogens is 4. The van der Waals surface area contributed by atoms with Gasteiger partial charge in [-0.25, -0.2) is 9.13 Å². The van der Waals surface area contributed by atoms with E-state index in [0.717, 1.165) is 5.56 Å². The van der Waals surface area contributed by atoms with Crippen molar-refractivity contribution in [2.45, 2.75) is 32.5 Å². The fourth-order valence-electron chi connectivity index (χ4n) is 2.92. The summed E-state index contributed by atoms with van der Waals surface area (Å²) in [5.74, 6) is 5.88. The molecular weight excluding hydrogens is 543 g/mol. The van der Waals surface area contributed by atoms with E-state index >= 15 is 0 Å². The van der Waals surface area contributed by atoms with E-state index in [0.29, 0.717) is 38.8 Å². The highest BCUT2D eigenvalue weighted by Gasteiger charge is 2.20. The van der Waals surface area contributed by atoms with Crippen molar-refractivity contribution in [1.82, 2.24) is 4.57 Å². The third-order valence-electron chi connectivity index (χ3n) is 4.33. The van der Waals surface area contributed by atoms with Crippen LogP contribution in [0.1, 0.15) is 34.7 Å². The first-order valence-corrected chi connectivity index (χ1v) is 11.2. The Balaban J connectivity index is 0.00000341. The van der Waals surface area contributed by atoms with Gasteiger partial charge in [0, 0.05) is 22.0 Å². The molecule has 0 aliphatic carbocycles. The number of Topliss-reactive ketones (excluding diaryl/α,β-unsaturated/α-hetero) is 1. The lowest BCUT2D eigenvalue weighted by molar-refractivity contribution is -0.682. The quantitative estimate of drug-likeness (QED) is 0.174. The molecule has 164 valence electrons. The summed E-state index contributed by atoms with van der Waals surface area (Å²) in [5.41, 5.74) is 0.857. The number of hydrogen-bond donors (Lipinski definition) is 0. The van der Waals surface area contributed by atoms with Crippen LogP contribution in [0.4, 0.5) is 0 Å². The number of benzene rings is 1. The van der Waals surface area contributed by atoms with Gasteiger partial charge in [-0.3, -0.25) is 4.79 Å². The topological polar surface area (TPSA) is 35.1 Å². The van der Waals surface area contributed by atoms with Crippen molar-refractivity contribution in [2.75, 3.05) is 6.61 Å². The normalized spacial score (nSPS) is 11.4. The largest absolute Gasteiger partial charge is 1.00 e. The Morgan fingerprint density at radius 1 is 1.26 bits per heavy atom. The molecule has 4 nitrogen and oxygen atoms in total. The maximum Gasteiger partial charge on any atom is 0.244 e. The number of aromatic nitrogens is 2. The van der Waals surface area contributed by atoms with Crippen LogP contribution in [0.25, 0.3) is 0 Å². The standard InChI is InChI=1S/C22H20Cl3N2O2S.BrH/c1-2-3-4-11-29-20(17-6-5-16(23)12-18(17)24)14-27-10-9-26(15-27)13-19(28)21-7-8-22(25)30-21;/h5-10,12,15,20H,4,11,13-14H2,1H3;1H/q+1;/p-1. The van der Waals surface area contributed by atoms with Gasteiger partial charge in [-0.1, -0.05) is 40.9 Å². The second-order valence-corrected chi connectivity index (χ2v) is 9.07. The van der Waals surface area contributed by atoms with Crippen LogP contribution in [0.3, 0.4) is 0 Å². The van der Waals surface area contributed by atoms with Crippen molar-refractivity contribution in [3.8, 4) is 11.8 Å². The van der Waals surface area contributed by atoms with E-state index in [1.165, 1.54) is 11.3 Å². The van der Waals surface area contributed by atoms with Crippen molar-refractivity contribution in [1.29, 1.82) is 0 Å². The lowest BCUT2D eigenvalue weighted by Gasteiger charge is -2.17. The van der Waals surface area contributed by atoms with Crippen LogP contribution < -0.4 is 21.5 Å². The van der Waals surface area contributed by atoms with Gasteiger partial charge in [0.2, 0.25) is 12.1 Å². The average molecular weight is 563 g/mol. The molecule has 0 bridgehead atoms. The van der Waals surface area contributed by atoms with Crippen LogP contribution in [0.15, 0.2) is 49.1 Å². The highest BCUT2D eigenvalue weighted by Crippen LogP contribution is 2.29. The minimum atomic E-state index is -0.277. The second kappa shape index (κ2) is 12.6. The van der Waals surface area contributed by atoms with Crippen molar-refractivity contribution >= 4 is 51.9 Å².